The normalized spacial score (nSPS) is 20.5. The summed E-state index contributed by atoms with van der Waals surface area (Å²) in [6, 6.07) is 3.62. The highest BCUT2D eigenvalue weighted by atomic mass is 32.2. The molecule has 1 unspecified atom stereocenters. The van der Waals surface area contributed by atoms with Crippen molar-refractivity contribution in [2.45, 2.75) is 31.6 Å². The largest absolute Gasteiger partial charge is 0.495 e. The van der Waals surface area contributed by atoms with E-state index in [1.54, 1.807) is 10.4 Å². The van der Waals surface area contributed by atoms with E-state index in [0.29, 0.717) is 25.4 Å². The fraction of sp³-hybridized carbons (Fsp3) is 0.600. The first kappa shape index (κ1) is 16.3. The molecule has 0 aromatic heterocycles. The smallest absolute Gasteiger partial charge is 0.246 e. The third-order valence-electron chi connectivity index (χ3n) is 4.02. The molecule has 0 spiro atoms. The Kier molecular flexibility index (Phi) is 4.91. The van der Waals surface area contributed by atoms with E-state index in [9.17, 15) is 8.42 Å². The van der Waals surface area contributed by atoms with Gasteiger partial charge in [-0.3, -0.25) is 0 Å². The molecule has 1 saturated heterocycles. The van der Waals surface area contributed by atoms with Crippen LogP contribution in [0.15, 0.2) is 17.0 Å². The summed E-state index contributed by atoms with van der Waals surface area (Å²) in [5.41, 5.74) is 7.46. The Morgan fingerprint density at radius 1 is 1.38 bits per heavy atom. The minimum Gasteiger partial charge on any atom is -0.495 e. The maximum absolute atomic E-state index is 12.9. The number of nitrogens with two attached hydrogens (primary N) is 1. The van der Waals surface area contributed by atoms with Gasteiger partial charge in [-0.25, -0.2) is 8.42 Å². The Balaban J connectivity index is 2.44. The van der Waals surface area contributed by atoms with Crippen LogP contribution >= 0.6 is 0 Å². The zero-order valence-corrected chi connectivity index (χ0v) is 13.7. The average molecular weight is 312 g/mol. The van der Waals surface area contributed by atoms with Crippen LogP contribution in [-0.4, -0.2) is 39.5 Å². The van der Waals surface area contributed by atoms with Crippen molar-refractivity contribution in [2.75, 3.05) is 26.7 Å². The summed E-state index contributed by atoms with van der Waals surface area (Å²) in [5, 5.41) is 0. The van der Waals surface area contributed by atoms with E-state index in [4.69, 9.17) is 10.5 Å². The minimum atomic E-state index is -3.54. The van der Waals surface area contributed by atoms with Gasteiger partial charge in [0.1, 0.15) is 10.6 Å². The third kappa shape index (κ3) is 3.22. The van der Waals surface area contributed by atoms with Gasteiger partial charge in [0.2, 0.25) is 10.0 Å². The van der Waals surface area contributed by atoms with Crippen LogP contribution in [0.25, 0.3) is 0 Å². The van der Waals surface area contributed by atoms with Crippen molar-refractivity contribution in [3.8, 4) is 5.75 Å². The average Bonchev–Trinajstić information content (AvgIpc) is 2.46. The molecular formula is C15H24N2O3S. The quantitative estimate of drug-likeness (QED) is 0.918. The van der Waals surface area contributed by atoms with E-state index in [1.165, 1.54) is 7.11 Å². The Hall–Kier alpha value is -1.11. The van der Waals surface area contributed by atoms with Gasteiger partial charge in [-0.1, -0.05) is 6.07 Å². The van der Waals surface area contributed by atoms with Gasteiger partial charge in [-0.05, 0) is 56.3 Å². The number of benzene rings is 1. The fourth-order valence-electron chi connectivity index (χ4n) is 2.95. The highest BCUT2D eigenvalue weighted by molar-refractivity contribution is 7.89. The Labute approximate surface area is 127 Å². The third-order valence-corrected chi connectivity index (χ3v) is 5.89. The van der Waals surface area contributed by atoms with Gasteiger partial charge >= 0.3 is 0 Å². The summed E-state index contributed by atoms with van der Waals surface area (Å²) in [7, 11) is -2.03. The van der Waals surface area contributed by atoms with Crippen molar-refractivity contribution in [2.24, 2.45) is 11.7 Å². The van der Waals surface area contributed by atoms with Crippen molar-refractivity contribution in [1.82, 2.24) is 4.31 Å². The maximum atomic E-state index is 12.9. The predicted octanol–water partition coefficient (Wildman–Crippen LogP) is 1.67. The van der Waals surface area contributed by atoms with Gasteiger partial charge in [0.15, 0.2) is 0 Å². The van der Waals surface area contributed by atoms with Crippen molar-refractivity contribution in [3.63, 3.8) is 0 Å². The lowest BCUT2D eigenvalue weighted by Crippen LogP contribution is -2.42. The van der Waals surface area contributed by atoms with Crippen molar-refractivity contribution in [3.05, 3.63) is 23.3 Å². The minimum absolute atomic E-state index is 0.241. The molecule has 1 aromatic carbocycles. The van der Waals surface area contributed by atoms with E-state index >= 15 is 0 Å². The summed E-state index contributed by atoms with van der Waals surface area (Å²) in [4.78, 5) is 0.264. The van der Waals surface area contributed by atoms with Crippen LogP contribution in [0.1, 0.15) is 24.0 Å². The van der Waals surface area contributed by atoms with E-state index in [2.05, 4.69) is 0 Å². The number of hydrogen-bond donors (Lipinski definition) is 1. The fourth-order valence-corrected chi connectivity index (χ4v) is 4.81. The molecule has 0 amide bonds. The van der Waals surface area contributed by atoms with Gasteiger partial charge in [0.25, 0.3) is 0 Å². The Bertz CT molecular complexity index is 614. The molecule has 21 heavy (non-hydrogen) atoms. The van der Waals surface area contributed by atoms with Gasteiger partial charge in [-0.2, -0.15) is 4.31 Å². The number of nitrogens with zero attached hydrogens (tertiary/aromatic N) is 1. The molecule has 2 rings (SSSR count). The number of hydrogen-bond acceptors (Lipinski definition) is 4. The molecule has 1 aliphatic rings. The zero-order chi connectivity index (χ0) is 15.6. The number of aryl methyl sites for hydroxylation is 2. The standard InChI is InChI=1S/C15H24N2O3S/c1-11-7-12(2)15(20-3)14(8-11)21(18,19)17-6-4-5-13(9-16)10-17/h7-8,13H,4-6,9-10,16H2,1-3H3. The molecule has 1 atom stereocenters. The first-order valence-corrected chi connectivity index (χ1v) is 8.69. The van der Waals surface area contributed by atoms with Gasteiger partial charge < -0.3 is 10.5 Å². The van der Waals surface area contributed by atoms with Crippen molar-refractivity contribution in [1.29, 1.82) is 0 Å². The maximum Gasteiger partial charge on any atom is 0.246 e. The number of rotatable bonds is 4. The van der Waals surface area contributed by atoms with E-state index in [1.807, 2.05) is 19.9 Å². The molecule has 0 saturated carbocycles. The molecule has 0 bridgehead atoms. The molecule has 1 heterocycles. The highest BCUT2D eigenvalue weighted by Gasteiger charge is 2.32. The monoisotopic (exact) mass is 312 g/mol. The van der Waals surface area contributed by atoms with Gasteiger partial charge in [-0.15, -0.1) is 0 Å². The SMILES string of the molecule is COc1c(C)cc(C)cc1S(=O)(=O)N1CCCC(CN)C1. The molecule has 1 aliphatic heterocycles. The predicted molar refractivity (Wildman–Crippen MR) is 83.0 cm³/mol. The number of methoxy groups -OCH3 is 1. The number of piperidine rings is 1. The molecule has 6 heteroatoms. The van der Waals surface area contributed by atoms with Gasteiger partial charge in [0, 0.05) is 13.1 Å². The second kappa shape index (κ2) is 6.34. The first-order valence-electron chi connectivity index (χ1n) is 7.25. The lowest BCUT2D eigenvalue weighted by molar-refractivity contribution is 0.270. The van der Waals surface area contributed by atoms with E-state index in [0.717, 1.165) is 24.0 Å². The summed E-state index contributed by atoms with van der Waals surface area (Å²) in [5.74, 6) is 0.681. The van der Waals surface area contributed by atoms with Crippen LogP contribution in [0, 0.1) is 19.8 Å². The molecule has 5 nitrogen and oxygen atoms in total. The van der Waals surface area contributed by atoms with Crippen molar-refractivity contribution < 1.29 is 13.2 Å². The Morgan fingerprint density at radius 3 is 2.71 bits per heavy atom. The molecule has 1 fully saturated rings. The first-order chi connectivity index (χ1) is 9.90. The second-order valence-electron chi connectivity index (χ2n) is 5.72. The number of sulfonamides is 1. The van der Waals surface area contributed by atoms with Crippen LogP contribution in [0.3, 0.4) is 0 Å². The molecule has 1 aromatic rings. The molecule has 118 valence electrons. The van der Waals surface area contributed by atoms with Crippen LogP contribution in [-0.2, 0) is 10.0 Å². The molecule has 2 N–H and O–H groups in total. The zero-order valence-electron chi connectivity index (χ0n) is 12.9. The topological polar surface area (TPSA) is 72.6 Å². The summed E-state index contributed by atoms with van der Waals surface area (Å²) in [6.07, 6.45) is 1.85. The molecule has 0 aliphatic carbocycles. The van der Waals surface area contributed by atoms with Crippen LogP contribution < -0.4 is 10.5 Å². The summed E-state index contributed by atoms with van der Waals surface area (Å²) >= 11 is 0. The second-order valence-corrected chi connectivity index (χ2v) is 7.63. The lowest BCUT2D eigenvalue weighted by atomic mass is 10.0. The van der Waals surface area contributed by atoms with E-state index < -0.39 is 10.0 Å². The van der Waals surface area contributed by atoms with Crippen LogP contribution in [0.5, 0.6) is 5.75 Å². The lowest BCUT2D eigenvalue weighted by Gasteiger charge is -2.31. The summed E-state index contributed by atoms with van der Waals surface area (Å²) in [6.45, 7) is 5.33. The molecular weight excluding hydrogens is 288 g/mol. The molecule has 0 radical (unpaired) electrons. The van der Waals surface area contributed by atoms with Crippen LogP contribution in [0.2, 0.25) is 0 Å². The number of ether oxygens (including phenoxy) is 1. The van der Waals surface area contributed by atoms with Crippen molar-refractivity contribution >= 4 is 10.0 Å². The van der Waals surface area contributed by atoms with Crippen LogP contribution in [0.4, 0.5) is 0 Å². The summed E-state index contributed by atoms with van der Waals surface area (Å²) < 4.78 is 32.8. The Morgan fingerprint density at radius 2 is 2.10 bits per heavy atom. The highest BCUT2D eigenvalue weighted by Crippen LogP contribution is 2.33. The van der Waals surface area contributed by atoms with Gasteiger partial charge in [0.05, 0.1) is 7.11 Å². The van der Waals surface area contributed by atoms with E-state index in [-0.39, 0.29) is 10.8 Å².